The number of nitrogens with zero attached hydrogens (tertiary/aromatic N) is 2. The van der Waals surface area contributed by atoms with E-state index in [2.05, 4.69) is 19.0 Å². The van der Waals surface area contributed by atoms with Crippen molar-refractivity contribution in [1.82, 2.24) is 9.80 Å². The molecule has 0 saturated carbocycles. The lowest BCUT2D eigenvalue weighted by molar-refractivity contribution is -0.192. The fourth-order valence-corrected chi connectivity index (χ4v) is 3.43. The maximum absolute atomic E-state index is 13.2. The van der Waals surface area contributed by atoms with Gasteiger partial charge >= 0.3 is 12.1 Å². The number of hydrogen-bond donors (Lipinski definition) is 1. The van der Waals surface area contributed by atoms with Gasteiger partial charge in [0.05, 0.1) is 19.7 Å². The highest BCUT2D eigenvalue weighted by Crippen LogP contribution is 2.36. The summed E-state index contributed by atoms with van der Waals surface area (Å²) in [5, 5.41) is 7.12. The Balaban J connectivity index is 0.000000396. The number of hydrogen-bond acceptors (Lipinski definition) is 4. The van der Waals surface area contributed by atoms with Crippen molar-refractivity contribution in [2.45, 2.75) is 24.6 Å². The van der Waals surface area contributed by atoms with Crippen molar-refractivity contribution in [2.24, 2.45) is 5.92 Å². The van der Waals surface area contributed by atoms with Crippen LogP contribution in [0.2, 0.25) is 0 Å². The molecule has 2 saturated heterocycles. The smallest absolute Gasteiger partial charge is 0.475 e. The van der Waals surface area contributed by atoms with Gasteiger partial charge in [0.2, 0.25) is 0 Å². The van der Waals surface area contributed by atoms with Gasteiger partial charge in [-0.25, -0.2) is 13.6 Å². The number of carbonyl (C=O) groups excluding carboxylic acids is 1. The number of carboxylic acids is 1. The molecule has 1 N–H and O–H groups in total. The molecule has 1 aromatic carbocycles. The second kappa shape index (κ2) is 9.25. The second-order valence-corrected chi connectivity index (χ2v) is 7.75. The summed E-state index contributed by atoms with van der Waals surface area (Å²) in [6, 6.07) is 3.26. The standard InChI is InChI=1S/C17H22F2N2O2.C2HF3O2/c1-20(2)8-12-5-6-17(23-9-12)10-21(11-17)16(22)13-3-4-14(18)15(19)7-13;3-2(4,5)1(6)7/h3-4,7,12H,5-6,8-11H2,1-2H3;(H,6,7). The number of benzene rings is 1. The predicted molar refractivity (Wildman–Crippen MR) is 95.9 cm³/mol. The molecule has 1 spiro atoms. The van der Waals surface area contributed by atoms with Crippen LogP contribution in [0.3, 0.4) is 0 Å². The van der Waals surface area contributed by atoms with Crippen LogP contribution in [0.4, 0.5) is 22.0 Å². The molecule has 1 amide bonds. The van der Waals surface area contributed by atoms with Gasteiger partial charge in [-0.05, 0) is 51.1 Å². The highest BCUT2D eigenvalue weighted by atomic mass is 19.4. The third-order valence-corrected chi connectivity index (χ3v) is 4.91. The van der Waals surface area contributed by atoms with Crippen LogP contribution in [0.5, 0.6) is 0 Å². The van der Waals surface area contributed by atoms with Crippen molar-refractivity contribution in [1.29, 1.82) is 0 Å². The number of rotatable bonds is 3. The number of likely N-dealkylation sites (tertiary alicyclic amines) is 1. The lowest BCUT2D eigenvalue weighted by Gasteiger charge is -2.53. The first-order valence-electron chi connectivity index (χ1n) is 9.16. The summed E-state index contributed by atoms with van der Waals surface area (Å²) in [4.78, 5) is 25.0. The SMILES string of the molecule is CN(C)CC1CCC2(CN(C(=O)c3ccc(F)c(F)c3)C2)OC1.O=C(O)C(F)(F)F. The van der Waals surface area contributed by atoms with Crippen LogP contribution in [-0.2, 0) is 9.53 Å². The summed E-state index contributed by atoms with van der Waals surface area (Å²) in [7, 11) is 4.10. The lowest BCUT2D eigenvalue weighted by atomic mass is 9.82. The van der Waals surface area contributed by atoms with Gasteiger partial charge in [-0.2, -0.15) is 13.2 Å². The van der Waals surface area contributed by atoms with E-state index < -0.39 is 23.8 Å². The van der Waals surface area contributed by atoms with Gasteiger partial charge in [0.15, 0.2) is 11.6 Å². The molecule has 1 unspecified atom stereocenters. The number of carboxylic acid groups (broad SMARTS) is 1. The van der Waals surface area contributed by atoms with Crippen LogP contribution in [0.15, 0.2) is 18.2 Å². The van der Waals surface area contributed by atoms with E-state index in [9.17, 15) is 26.7 Å². The monoisotopic (exact) mass is 438 g/mol. The Morgan fingerprint density at radius 2 is 1.83 bits per heavy atom. The first-order valence-corrected chi connectivity index (χ1v) is 9.16. The normalized spacial score (nSPS) is 20.4. The molecular formula is C19H23F5N2O4. The van der Waals surface area contributed by atoms with E-state index in [0.717, 1.165) is 31.5 Å². The molecule has 0 aliphatic carbocycles. The van der Waals surface area contributed by atoms with E-state index in [1.807, 2.05) is 0 Å². The lowest BCUT2D eigenvalue weighted by Crippen LogP contribution is -2.66. The van der Waals surface area contributed by atoms with Gasteiger partial charge in [-0.3, -0.25) is 4.79 Å². The van der Waals surface area contributed by atoms with Gasteiger partial charge < -0.3 is 19.6 Å². The Labute approximate surface area is 170 Å². The summed E-state index contributed by atoms with van der Waals surface area (Å²) in [5.41, 5.74) is -0.0584. The van der Waals surface area contributed by atoms with Crippen molar-refractivity contribution in [3.63, 3.8) is 0 Å². The molecule has 168 valence electrons. The summed E-state index contributed by atoms with van der Waals surface area (Å²) >= 11 is 0. The first-order chi connectivity index (χ1) is 13.8. The van der Waals surface area contributed by atoms with Gasteiger partial charge in [-0.15, -0.1) is 0 Å². The van der Waals surface area contributed by atoms with Gasteiger partial charge in [0, 0.05) is 12.1 Å². The van der Waals surface area contributed by atoms with Crippen molar-refractivity contribution >= 4 is 11.9 Å². The van der Waals surface area contributed by atoms with Crippen molar-refractivity contribution in [2.75, 3.05) is 40.3 Å². The molecule has 6 nitrogen and oxygen atoms in total. The third kappa shape index (κ3) is 6.11. The van der Waals surface area contributed by atoms with Crippen LogP contribution in [0.25, 0.3) is 0 Å². The van der Waals surface area contributed by atoms with E-state index in [1.165, 1.54) is 6.07 Å². The second-order valence-electron chi connectivity index (χ2n) is 7.75. The number of amides is 1. The zero-order chi connectivity index (χ0) is 22.7. The molecule has 11 heteroatoms. The highest BCUT2D eigenvalue weighted by molar-refractivity contribution is 5.95. The summed E-state index contributed by atoms with van der Waals surface area (Å²) in [5.74, 6) is -4.43. The molecule has 0 bridgehead atoms. The van der Waals surface area contributed by atoms with Gasteiger partial charge in [0.25, 0.3) is 5.91 Å². The summed E-state index contributed by atoms with van der Waals surface area (Å²) in [6.07, 6.45) is -3.06. The number of ether oxygens (including phenoxy) is 1. The van der Waals surface area contributed by atoms with E-state index in [1.54, 1.807) is 4.90 Å². The average molecular weight is 438 g/mol. The Bertz CT molecular complexity index is 769. The zero-order valence-electron chi connectivity index (χ0n) is 16.5. The van der Waals surface area contributed by atoms with E-state index in [4.69, 9.17) is 14.6 Å². The minimum Gasteiger partial charge on any atom is -0.475 e. The largest absolute Gasteiger partial charge is 0.490 e. The molecule has 1 atom stereocenters. The van der Waals surface area contributed by atoms with Crippen molar-refractivity contribution in [3.8, 4) is 0 Å². The zero-order valence-corrected chi connectivity index (χ0v) is 16.5. The summed E-state index contributed by atoms with van der Waals surface area (Å²) < 4.78 is 63.9. The van der Waals surface area contributed by atoms with Crippen LogP contribution in [-0.4, -0.2) is 78.9 Å². The molecule has 2 aliphatic heterocycles. The topological polar surface area (TPSA) is 70.1 Å². The maximum atomic E-state index is 13.2. The fraction of sp³-hybridized carbons (Fsp3) is 0.579. The minimum atomic E-state index is -5.08. The van der Waals surface area contributed by atoms with Gasteiger partial charge in [0.1, 0.15) is 5.60 Å². The third-order valence-electron chi connectivity index (χ3n) is 4.91. The molecule has 30 heavy (non-hydrogen) atoms. The Kier molecular flexibility index (Phi) is 7.40. The van der Waals surface area contributed by atoms with E-state index in [0.29, 0.717) is 25.6 Å². The van der Waals surface area contributed by atoms with Crippen LogP contribution >= 0.6 is 0 Å². The summed E-state index contributed by atoms with van der Waals surface area (Å²) in [6.45, 7) is 2.78. The van der Waals surface area contributed by atoms with Crippen molar-refractivity contribution < 1.29 is 41.4 Å². The quantitative estimate of drug-likeness (QED) is 0.736. The molecular weight excluding hydrogens is 415 g/mol. The number of aliphatic carboxylic acids is 1. The van der Waals surface area contributed by atoms with Crippen LogP contribution < -0.4 is 0 Å². The average Bonchev–Trinajstić information content (AvgIpc) is 2.61. The number of halogens is 5. The maximum Gasteiger partial charge on any atom is 0.490 e. The Hall–Kier alpha value is -2.27. The van der Waals surface area contributed by atoms with E-state index in [-0.39, 0.29) is 17.1 Å². The minimum absolute atomic E-state index is 0.181. The molecule has 2 aliphatic rings. The molecule has 1 aromatic rings. The Morgan fingerprint density at radius 1 is 1.23 bits per heavy atom. The van der Waals surface area contributed by atoms with E-state index >= 15 is 0 Å². The highest BCUT2D eigenvalue weighted by Gasteiger charge is 2.48. The molecule has 0 radical (unpaired) electrons. The van der Waals surface area contributed by atoms with Crippen molar-refractivity contribution in [3.05, 3.63) is 35.4 Å². The molecule has 3 rings (SSSR count). The van der Waals surface area contributed by atoms with Crippen LogP contribution in [0, 0.1) is 17.6 Å². The Morgan fingerprint density at radius 3 is 2.27 bits per heavy atom. The number of carbonyl (C=O) groups is 2. The van der Waals surface area contributed by atoms with Gasteiger partial charge in [-0.1, -0.05) is 0 Å². The molecule has 2 heterocycles. The first kappa shape index (κ1) is 24.0. The predicted octanol–water partition coefficient (Wildman–Crippen LogP) is 2.78. The van der Waals surface area contributed by atoms with Crippen LogP contribution in [0.1, 0.15) is 23.2 Å². The fourth-order valence-electron chi connectivity index (χ4n) is 3.43. The molecule has 0 aromatic heterocycles. The number of alkyl halides is 3. The molecule has 2 fully saturated rings.